The van der Waals surface area contributed by atoms with Crippen molar-refractivity contribution >= 4 is 16.9 Å². The van der Waals surface area contributed by atoms with E-state index in [1.807, 2.05) is 36.5 Å². The molecule has 0 spiro atoms. The third kappa shape index (κ3) is 3.83. The second kappa shape index (κ2) is 8.30. The van der Waals surface area contributed by atoms with Crippen LogP contribution in [0.1, 0.15) is 31.2 Å². The zero-order chi connectivity index (χ0) is 22.1. The third-order valence-corrected chi connectivity index (χ3v) is 6.01. The molecular formula is C25H23F3N4. The van der Waals surface area contributed by atoms with Gasteiger partial charge >= 0.3 is 6.18 Å². The van der Waals surface area contributed by atoms with E-state index in [0.717, 1.165) is 54.3 Å². The van der Waals surface area contributed by atoms with Crippen molar-refractivity contribution < 1.29 is 13.2 Å². The van der Waals surface area contributed by atoms with Crippen molar-refractivity contribution in [3.05, 3.63) is 72.7 Å². The molecule has 4 nitrogen and oxygen atoms in total. The first kappa shape index (κ1) is 20.5. The summed E-state index contributed by atoms with van der Waals surface area (Å²) in [5.41, 5.74) is 2.25. The molecule has 1 aliphatic rings. The van der Waals surface area contributed by atoms with Gasteiger partial charge in [0.1, 0.15) is 12.1 Å². The molecule has 2 aromatic carbocycles. The first-order valence-corrected chi connectivity index (χ1v) is 10.9. The summed E-state index contributed by atoms with van der Waals surface area (Å²) < 4.78 is 41.9. The second-order valence-electron chi connectivity index (χ2n) is 8.12. The molecule has 0 radical (unpaired) electrons. The van der Waals surface area contributed by atoms with E-state index in [9.17, 15) is 13.2 Å². The van der Waals surface area contributed by atoms with Gasteiger partial charge in [-0.1, -0.05) is 49.2 Å². The standard InChI is InChI=1S/C25H23F3N4/c26-25(27,28)19-11-8-12-20(15-19)32-16-21(18-9-4-3-5-10-18)22-23(29-17-30-24(22)32)31-13-6-1-2-7-14-31/h3-5,8-12,15-17H,1-2,6-7,13-14H2. The van der Waals surface area contributed by atoms with Crippen LogP contribution in [0, 0.1) is 0 Å². The van der Waals surface area contributed by atoms with Crippen molar-refractivity contribution in [1.82, 2.24) is 14.5 Å². The van der Waals surface area contributed by atoms with Crippen LogP contribution in [-0.2, 0) is 6.18 Å². The minimum absolute atomic E-state index is 0.424. The number of nitrogens with zero attached hydrogens (tertiary/aromatic N) is 4. The van der Waals surface area contributed by atoms with Crippen LogP contribution in [0.25, 0.3) is 27.8 Å². The van der Waals surface area contributed by atoms with Crippen LogP contribution < -0.4 is 4.90 Å². The zero-order valence-corrected chi connectivity index (χ0v) is 17.5. The van der Waals surface area contributed by atoms with E-state index in [-0.39, 0.29) is 0 Å². The van der Waals surface area contributed by atoms with E-state index in [4.69, 9.17) is 0 Å². The summed E-state index contributed by atoms with van der Waals surface area (Å²) in [6.07, 6.45) is 3.57. The fourth-order valence-corrected chi connectivity index (χ4v) is 4.43. The Morgan fingerprint density at radius 3 is 2.28 bits per heavy atom. The van der Waals surface area contributed by atoms with Crippen LogP contribution in [0.2, 0.25) is 0 Å². The van der Waals surface area contributed by atoms with Crippen molar-refractivity contribution in [3.63, 3.8) is 0 Å². The molecule has 2 aromatic heterocycles. The molecule has 1 aliphatic heterocycles. The Morgan fingerprint density at radius 1 is 0.812 bits per heavy atom. The van der Waals surface area contributed by atoms with Crippen LogP contribution in [0.15, 0.2) is 67.1 Å². The molecule has 0 N–H and O–H groups in total. The minimum Gasteiger partial charge on any atom is -0.356 e. The SMILES string of the molecule is FC(F)(F)c1cccc(-n2cc(-c3ccccc3)c3c(N4CCCCCC4)ncnc32)c1. The molecule has 4 aromatic rings. The largest absolute Gasteiger partial charge is 0.416 e. The summed E-state index contributed by atoms with van der Waals surface area (Å²) in [4.78, 5) is 11.5. The Labute approximate surface area is 184 Å². The lowest BCUT2D eigenvalue weighted by molar-refractivity contribution is -0.137. The van der Waals surface area contributed by atoms with Gasteiger partial charge in [-0.25, -0.2) is 9.97 Å². The van der Waals surface area contributed by atoms with Crippen molar-refractivity contribution in [2.75, 3.05) is 18.0 Å². The molecule has 1 fully saturated rings. The molecule has 0 bridgehead atoms. The summed E-state index contributed by atoms with van der Waals surface area (Å²) in [7, 11) is 0. The molecule has 3 heterocycles. The number of anilines is 1. The Hall–Kier alpha value is -3.35. The number of rotatable bonds is 3. The molecule has 5 rings (SSSR count). The van der Waals surface area contributed by atoms with Gasteiger partial charge in [0.2, 0.25) is 0 Å². The first-order chi connectivity index (χ1) is 15.5. The predicted molar refractivity (Wildman–Crippen MR) is 120 cm³/mol. The lowest BCUT2D eigenvalue weighted by Gasteiger charge is -2.22. The number of aromatic nitrogens is 3. The fourth-order valence-electron chi connectivity index (χ4n) is 4.43. The van der Waals surface area contributed by atoms with Crippen molar-refractivity contribution in [2.24, 2.45) is 0 Å². The highest BCUT2D eigenvalue weighted by Gasteiger charge is 2.31. The number of halogens is 3. The maximum atomic E-state index is 13.4. The van der Waals surface area contributed by atoms with Gasteiger partial charge in [-0.2, -0.15) is 13.2 Å². The summed E-state index contributed by atoms with van der Waals surface area (Å²) in [5, 5.41) is 0.873. The van der Waals surface area contributed by atoms with Gasteiger partial charge in [-0.15, -0.1) is 0 Å². The molecule has 164 valence electrons. The Balaban J connectivity index is 1.75. The lowest BCUT2D eigenvalue weighted by Crippen LogP contribution is -2.25. The molecule has 0 atom stereocenters. The highest BCUT2D eigenvalue weighted by atomic mass is 19.4. The molecule has 32 heavy (non-hydrogen) atoms. The van der Waals surface area contributed by atoms with Crippen molar-refractivity contribution in [1.29, 1.82) is 0 Å². The van der Waals surface area contributed by atoms with Gasteiger partial charge in [0.15, 0.2) is 5.65 Å². The molecule has 7 heteroatoms. The van der Waals surface area contributed by atoms with Crippen LogP contribution in [0.4, 0.5) is 19.0 Å². The summed E-state index contributed by atoms with van der Waals surface area (Å²) >= 11 is 0. The molecule has 0 amide bonds. The number of hydrogen-bond acceptors (Lipinski definition) is 3. The molecule has 0 unspecified atom stereocenters. The number of fused-ring (bicyclic) bond motifs is 1. The van der Waals surface area contributed by atoms with Crippen LogP contribution in [0.3, 0.4) is 0 Å². The fraction of sp³-hybridized carbons (Fsp3) is 0.280. The van der Waals surface area contributed by atoms with Gasteiger partial charge < -0.3 is 9.47 Å². The smallest absolute Gasteiger partial charge is 0.356 e. The predicted octanol–water partition coefficient (Wildman–Crippen LogP) is 6.49. The van der Waals surface area contributed by atoms with E-state index in [1.165, 1.54) is 31.3 Å². The van der Waals surface area contributed by atoms with Crippen LogP contribution >= 0.6 is 0 Å². The summed E-state index contributed by atoms with van der Waals surface area (Å²) in [6.45, 7) is 1.82. The summed E-state index contributed by atoms with van der Waals surface area (Å²) in [5.74, 6) is 0.849. The quantitative estimate of drug-likeness (QED) is 0.368. The van der Waals surface area contributed by atoms with E-state index >= 15 is 0 Å². The molecule has 1 saturated heterocycles. The summed E-state index contributed by atoms with van der Waals surface area (Å²) in [6, 6.07) is 15.2. The average molecular weight is 436 g/mol. The monoisotopic (exact) mass is 436 g/mol. The number of benzene rings is 2. The maximum absolute atomic E-state index is 13.4. The van der Waals surface area contributed by atoms with Crippen LogP contribution in [0.5, 0.6) is 0 Å². The van der Waals surface area contributed by atoms with E-state index in [1.54, 1.807) is 10.6 Å². The molecular weight excluding hydrogens is 413 g/mol. The van der Waals surface area contributed by atoms with Crippen molar-refractivity contribution in [3.8, 4) is 16.8 Å². The Bertz CT molecular complexity index is 1220. The van der Waals surface area contributed by atoms with Gasteiger partial charge in [-0.3, -0.25) is 0 Å². The normalized spacial score (nSPS) is 15.2. The third-order valence-electron chi connectivity index (χ3n) is 6.01. The van der Waals surface area contributed by atoms with Gasteiger partial charge in [-0.05, 0) is 36.6 Å². The first-order valence-electron chi connectivity index (χ1n) is 10.9. The zero-order valence-electron chi connectivity index (χ0n) is 17.5. The lowest BCUT2D eigenvalue weighted by atomic mass is 10.1. The van der Waals surface area contributed by atoms with Gasteiger partial charge in [0, 0.05) is 30.5 Å². The molecule has 0 saturated carbocycles. The van der Waals surface area contributed by atoms with Gasteiger partial charge in [0.25, 0.3) is 0 Å². The Morgan fingerprint density at radius 2 is 1.56 bits per heavy atom. The van der Waals surface area contributed by atoms with E-state index < -0.39 is 11.7 Å². The van der Waals surface area contributed by atoms with E-state index in [2.05, 4.69) is 14.9 Å². The average Bonchev–Trinajstić information content (AvgIpc) is 2.99. The highest BCUT2D eigenvalue weighted by Crippen LogP contribution is 2.38. The topological polar surface area (TPSA) is 34.0 Å². The van der Waals surface area contributed by atoms with Crippen LogP contribution in [-0.4, -0.2) is 27.6 Å². The number of hydrogen-bond donors (Lipinski definition) is 0. The minimum atomic E-state index is -4.41. The number of alkyl halides is 3. The maximum Gasteiger partial charge on any atom is 0.416 e. The second-order valence-corrected chi connectivity index (χ2v) is 8.12. The van der Waals surface area contributed by atoms with Gasteiger partial charge in [0.05, 0.1) is 10.9 Å². The molecule has 0 aliphatic carbocycles. The Kier molecular flexibility index (Phi) is 5.33. The highest BCUT2D eigenvalue weighted by molar-refractivity contribution is 6.02. The van der Waals surface area contributed by atoms with Crippen molar-refractivity contribution in [2.45, 2.75) is 31.9 Å². The van der Waals surface area contributed by atoms with E-state index in [0.29, 0.717) is 11.3 Å².